The van der Waals surface area contributed by atoms with Gasteiger partial charge in [0, 0.05) is 25.3 Å². The molecule has 0 aliphatic carbocycles. The Hall–Kier alpha value is -1.02. The summed E-state index contributed by atoms with van der Waals surface area (Å²) < 4.78 is 0. The van der Waals surface area contributed by atoms with E-state index in [4.69, 9.17) is 0 Å². The first-order valence-electron chi connectivity index (χ1n) is 8.07. The van der Waals surface area contributed by atoms with Crippen LogP contribution in [0.4, 0.5) is 5.69 Å². The van der Waals surface area contributed by atoms with Crippen LogP contribution in [0.1, 0.15) is 51.2 Å². The molecular weight excluding hydrogens is 244 g/mol. The predicted octanol–water partition coefficient (Wildman–Crippen LogP) is 4.12. The van der Waals surface area contributed by atoms with E-state index >= 15 is 0 Å². The van der Waals surface area contributed by atoms with Crippen molar-refractivity contribution in [2.75, 3.05) is 24.5 Å². The van der Waals surface area contributed by atoms with Crippen molar-refractivity contribution in [3.8, 4) is 0 Å². The van der Waals surface area contributed by atoms with E-state index in [0.29, 0.717) is 5.41 Å². The third-order valence-corrected chi connectivity index (χ3v) is 4.26. The number of nitrogens with zero attached hydrogens (tertiary/aromatic N) is 1. The zero-order valence-corrected chi connectivity index (χ0v) is 13.6. The van der Waals surface area contributed by atoms with Gasteiger partial charge in [0.1, 0.15) is 0 Å². The van der Waals surface area contributed by atoms with Gasteiger partial charge in [0.05, 0.1) is 0 Å². The summed E-state index contributed by atoms with van der Waals surface area (Å²) in [5.74, 6) is 0. The molecule has 1 aliphatic heterocycles. The molecule has 0 aromatic heterocycles. The van der Waals surface area contributed by atoms with Gasteiger partial charge in [-0.25, -0.2) is 0 Å². The van der Waals surface area contributed by atoms with Gasteiger partial charge in [0.25, 0.3) is 0 Å². The summed E-state index contributed by atoms with van der Waals surface area (Å²) in [7, 11) is 0. The second kappa shape index (κ2) is 6.62. The van der Waals surface area contributed by atoms with Gasteiger partial charge in [0.15, 0.2) is 0 Å². The first kappa shape index (κ1) is 15.4. The number of aryl methyl sites for hydroxylation is 1. The van der Waals surface area contributed by atoms with Crippen LogP contribution in [0, 0.1) is 12.3 Å². The summed E-state index contributed by atoms with van der Waals surface area (Å²) in [5.41, 5.74) is 4.69. The van der Waals surface area contributed by atoms with Crippen LogP contribution in [-0.2, 0) is 6.54 Å². The minimum absolute atomic E-state index is 0.450. The number of benzene rings is 1. The van der Waals surface area contributed by atoms with Gasteiger partial charge in [-0.2, -0.15) is 0 Å². The molecule has 2 nitrogen and oxygen atoms in total. The largest absolute Gasteiger partial charge is 0.371 e. The molecule has 1 saturated heterocycles. The fraction of sp³-hybridized carbons (Fsp3) is 0.667. The molecule has 2 rings (SSSR count). The summed E-state index contributed by atoms with van der Waals surface area (Å²) in [6, 6.07) is 6.95. The normalized spacial score (nSPS) is 18.3. The first-order valence-corrected chi connectivity index (χ1v) is 8.07. The molecule has 1 aromatic carbocycles. The highest BCUT2D eigenvalue weighted by Crippen LogP contribution is 2.33. The Morgan fingerprint density at radius 1 is 1.30 bits per heavy atom. The van der Waals surface area contributed by atoms with Gasteiger partial charge in [-0.15, -0.1) is 0 Å². The van der Waals surface area contributed by atoms with Crippen molar-refractivity contribution in [2.24, 2.45) is 5.41 Å². The van der Waals surface area contributed by atoms with E-state index in [1.807, 2.05) is 0 Å². The maximum atomic E-state index is 3.48. The molecule has 0 saturated carbocycles. The van der Waals surface area contributed by atoms with Crippen molar-refractivity contribution < 1.29 is 0 Å². The van der Waals surface area contributed by atoms with Crippen molar-refractivity contribution >= 4 is 5.69 Å². The van der Waals surface area contributed by atoms with Crippen molar-refractivity contribution in [1.82, 2.24) is 5.32 Å². The monoisotopic (exact) mass is 274 g/mol. The summed E-state index contributed by atoms with van der Waals surface area (Å²) in [6.07, 6.45) is 3.85. The van der Waals surface area contributed by atoms with Crippen LogP contribution in [0.25, 0.3) is 0 Å². The average Bonchev–Trinajstić information content (AvgIpc) is 2.38. The fourth-order valence-electron chi connectivity index (χ4n) is 3.22. The lowest BCUT2D eigenvalue weighted by Crippen LogP contribution is -2.40. The Morgan fingerprint density at radius 3 is 2.75 bits per heavy atom. The van der Waals surface area contributed by atoms with Crippen LogP contribution in [0.2, 0.25) is 0 Å². The second-order valence-electron chi connectivity index (χ2n) is 6.99. The zero-order valence-electron chi connectivity index (χ0n) is 13.6. The van der Waals surface area contributed by atoms with Crippen LogP contribution in [0.3, 0.4) is 0 Å². The Labute approximate surface area is 124 Å². The number of piperidine rings is 1. The molecule has 0 amide bonds. The zero-order chi connectivity index (χ0) is 14.6. The molecule has 0 bridgehead atoms. The standard InChI is InChI=1S/C18H30N2/c1-5-10-19-13-16-7-8-17(15(2)12-16)20-11-6-9-18(3,4)14-20/h7-8,12,19H,5-6,9-11,13-14H2,1-4H3. The lowest BCUT2D eigenvalue weighted by Gasteiger charge is -2.40. The Kier molecular flexibility index (Phi) is 5.09. The van der Waals surface area contributed by atoms with E-state index in [9.17, 15) is 0 Å². The van der Waals surface area contributed by atoms with Crippen molar-refractivity contribution in [3.05, 3.63) is 29.3 Å². The number of hydrogen-bond acceptors (Lipinski definition) is 2. The predicted molar refractivity (Wildman–Crippen MR) is 88.4 cm³/mol. The molecule has 1 heterocycles. The van der Waals surface area contributed by atoms with Crippen molar-refractivity contribution in [2.45, 2.75) is 53.5 Å². The van der Waals surface area contributed by atoms with E-state index < -0.39 is 0 Å². The summed E-state index contributed by atoms with van der Waals surface area (Å²) in [4.78, 5) is 2.57. The highest BCUT2D eigenvalue weighted by Gasteiger charge is 2.26. The summed E-state index contributed by atoms with van der Waals surface area (Å²) >= 11 is 0. The molecule has 0 radical (unpaired) electrons. The van der Waals surface area contributed by atoms with Gasteiger partial charge in [-0.3, -0.25) is 0 Å². The van der Waals surface area contributed by atoms with Crippen LogP contribution in [0.15, 0.2) is 18.2 Å². The molecule has 0 unspecified atom stereocenters. The smallest absolute Gasteiger partial charge is 0.0396 e. The highest BCUT2D eigenvalue weighted by atomic mass is 15.1. The molecular formula is C18H30N2. The number of anilines is 1. The third-order valence-electron chi connectivity index (χ3n) is 4.26. The van der Waals surface area contributed by atoms with Crippen LogP contribution >= 0.6 is 0 Å². The Bertz CT molecular complexity index is 437. The SMILES string of the molecule is CCCNCc1ccc(N2CCCC(C)(C)C2)c(C)c1. The van der Waals surface area contributed by atoms with Crippen LogP contribution in [-0.4, -0.2) is 19.6 Å². The number of hydrogen-bond donors (Lipinski definition) is 1. The van der Waals surface area contributed by atoms with Gasteiger partial charge in [0.2, 0.25) is 0 Å². The van der Waals surface area contributed by atoms with Crippen molar-refractivity contribution in [3.63, 3.8) is 0 Å². The number of rotatable bonds is 5. The molecule has 20 heavy (non-hydrogen) atoms. The minimum atomic E-state index is 0.450. The minimum Gasteiger partial charge on any atom is -0.371 e. The van der Waals surface area contributed by atoms with Gasteiger partial charge >= 0.3 is 0 Å². The molecule has 0 atom stereocenters. The van der Waals surface area contributed by atoms with E-state index in [1.54, 1.807) is 0 Å². The van der Waals surface area contributed by atoms with Crippen LogP contribution < -0.4 is 10.2 Å². The van der Waals surface area contributed by atoms with Gasteiger partial charge < -0.3 is 10.2 Å². The van der Waals surface area contributed by atoms with Gasteiger partial charge in [-0.05, 0) is 55.3 Å². The van der Waals surface area contributed by atoms with E-state index in [1.165, 1.54) is 49.2 Å². The average molecular weight is 274 g/mol. The van der Waals surface area contributed by atoms with E-state index in [2.05, 4.69) is 56.1 Å². The van der Waals surface area contributed by atoms with E-state index in [-0.39, 0.29) is 0 Å². The van der Waals surface area contributed by atoms with Crippen LogP contribution in [0.5, 0.6) is 0 Å². The summed E-state index contributed by atoms with van der Waals surface area (Å²) in [6.45, 7) is 13.7. The molecule has 1 N–H and O–H groups in total. The molecule has 1 aromatic rings. The Morgan fingerprint density at radius 2 is 2.10 bits per heavy atom. The molecule has 0 spiro atoms. The summed E-state index contributed by atoms with van der Waals surface area (Å²) in [5, 5.41) is 3.48. The Balaban J connectivity index is 2.05. The molecule has 1 fully saturated rings. The van der Waals surface area contributed by atoms with Crippen molar-refractivity contribution in [1.29, 1.82) is 0 Å². The maximum Gasteiger partial charge on any atom is 0.0396 e. The molecule has 2 heteroatoms. The lowest BCUT2D eigenvalue weighted by atomic mass is 9.84. The first-order chi connectivity index (χ1) is 9.52. The molecule has 112 valence electrons. The fourth-order valence-corrected chi connectivity index (χ4v) is 3.22. The molecule has 1 aliphatic rings. The second-order valence-corrected chi connectivity index (χ2v) is 6.99. The topological polar surface area (TPSA) is 15.3 Å². The lowest BCUT2D eigenvalue weighted by molar-refractivity contribution is 0.293. The quantitative estimate of drug-likeness (QED) is 0.813. The third kappa shape index (κ3) is 3.99. The number of nitrogens with one attached hydrogen (secondary N) is 1. The highest BCUT2D eigenvalue weighted by molar-refractivity contribution is 5.55. The van der Waals surface area contributed by atoms with E-state index in [0.717, 1.165) is 13.1 Å². The van der Waals surface area contributed by atoms with Gasteiger partial charge in [-0.1, -0.05) is 32.9 Å². The maximum absolute atomic E-state index is 3.48.